The molecule has 2 aromatic rings. The average Bonchev–Trinajstić information content (AvgIpc) is 3.00. The first-order valence-corrected chi connectivity index (χ1v) is 7.24. The Balaban J connectivity index is 0.000000262. The second kappa shape index (κ2) is 7.32. The summed E-state index contributed by atoms with van der Waals surface area (Å²) in [7, 11) is 0. The van der Waals surface area contributed by atoms with Crippen molar-refractivity contribution < 1.29 is 22.8 Å². The molecule has 9 heteroatoms. The van der Waals surface area contributed by atoms with Crippen molar-refractivity contribution in [1.29, 1.82) is 0 Å². The Morgan fingerprint density at radius 2 is 2.05 bits per heavy atom. The molecule has 0 atom stereocenters. The van der Waals surface area contributed by atoms with Gasteiger partial charge in [-0.25, -0.2) is 4.98 Å². The maximum Gasteiger partial charge on any atom is 0.450 e. The number of aromatic nitrogens is 1. The highest BCUT2D eigenvalue weighted by Crippen LogP contribution is 2.20. The van der Waals surface area contributed by atoms with Crippen LogP contribution < -0.4 is 5.73 Å². The summed E-state index contributed by atoms with van der Waals surface area (Å²) in [6.07, 6.45) is -4.27. The van der Waals surface area contributed by atoms with Gasteiger partial charge >= 0.3 is 6.18 Å². The zero-order valence-corrected chi connectivity index (χ0v) is 12.4. The highest BCUT2D eigenvalue weighted by molar-refractivity contribution is 7.15. The maximum absolute atomic E-state index is 11.8. The smallest absolute Gasteiger partial charge is 0.375 e. The highest BCUT2D eigenvalue weighted by Gasteiger charge is 2.39. The molecule has 0 radical (unpaired) electrons. The molecule has 2 rings (SSSR count). The van der Waals surface area contributed by atoms with E-state index in [9.17, 15) is 22.8 Å². The SMILES string of the molecule is Cc1cnc(N)s1.O=C(CC(=O)C(F)(F)F)c1cccs1. The standard InChI is InChI=1S/C8H5F3O2S.C4H6N2S/c9-8(10,11)7(13)4-5(12)6-2-1-3-14-6;1-3-2-6-4(5)7-3/h1-3H,4H2;2H,1H3,(H2,5,6). The predicted molar refractivity (Wildman–Crippen MR) is 75.6 cm³/mol. The molecule has 2 aromatic heterocycles. The summed E-state index contributed by atoms with van der Waals surface area (Å²) in [6.45, 7) is 1.98. The van der Waals surface area contributed by atoms with Gasteiger partial charge in [0.25, 0.3) is 0 Å². The largest absolute Gasteiger partial charge is 0.450 e. The van der Waals surface area contributed by atoms with Crippen molar-refractivity contribution in [3.8, 4) is 0 Å². The molecule has 0 aliphatic carbocycles. The van der Waals surface area contributed by atoms with E-state index in [1.165, 1.54) is 23.5 Å². The fourth-order valence-electron chi connectivity index (χ4n) is 1.14. The van der Waals surface area contributed by atoms with E-state index in [1.807, 2.05) is 6.92 Å². The van der Waals surface area contributed by atoms with E-state index in [0.717, 1.165) is 16.2 Å². The van der Waals surface area contributed by atoms with Crippen LogP contribution in [0.1, 0.15) is 21.0 Å². The Morgan fingerprint density at radius 1 is 1.38 bits per heavy atom. The molecule has 4 nitrogen and oxygen atoms in total. The molecular weight excluding hydrogens is 325 g/mol. The van der Waals surface area contributed by atoms with Crippen molar-refractivity contribution >= 4 is 39.4 Å². The first kappa shape index (κ1) is 17.3. The van der Waals surface area contributed by atoms with E-state index in [1.54, 1.807) is 11.6 Å². The molecule has 0 amide bonds. The fourth-order valence-corrected chi connectivity index (χ4v) is 2.35. The van der Waals surface area contributed by atoms with E-state index in [4.69, 9.17) is 5.73 Å². The molecular formula is C12H11F3N2O2S2. The van der Waals surface area contributed by atoms with E-state index in [0.29, 0.717) is 5.13 Å². The topological polar surface area (TPSA) is 73.0 Å². The van der Waals surface area contributed by atoms with Crippen molar-refractivity contribution in [1.82, 2.24) is 4.98 Å². The molecule has 0 fully saturated rings. The molecule has 2 N–H and O–H groups in total. The molecule has 2 heterocycles. The zero-order valence-electron chi connectivity index (χ0n) is 10.8. The third-order valence-electron chi connectivity index (χ3n) is 2.07. The Bertz CT molecular complexity index is 590. The number of thiazole rings is 1. The minimum atomic E-state index is -4.92. The summed E-state index contributed by atoms with van der Waals surface area (Å²) in [6, 6.07) is 2.92. The van der Waals surface area contributed by atoms with E-state index in [2.05, 4.69) is 4.98 Å². The Morgan fingerprint density at radius 3 is 2.38 bits per heavy atom. The zero-order chi connectivity index (χ0) is 16.0. The Labute approximate surface area is 126 Å². The van der Waals surface area contributed by atoms with Gasteiger partial charge in [-0.3, -0.25) is 9.59 Å². The lowest BCUT2D eigenvalue weighted by Crippen LogP contribution is -2.25. The third kappa shape index (κ3) is 6.05. The van der Waals surface area contributed by atoms with Crippen LogP contribution in [0.15, 0.2) is 23.7 Å². The van der Waals surface area contributed by atoms with E-state index in [-0.39, 0.29) is 4.88 Å². The fraction of sp³-hybridized carbons (Fsp3) is 0.250. The van der Waals surface area contributed by atoms with E-state index < -0.39 is 24.2 Å². The molecule has 0 aliphatic heterocycles. The molecule has 0 spiro atoms. The van der Waals surface area contributed by atoms with Gasteiger partial charge in [-0.2, -0.15) is 13.2 Å². The van der Waals surface area contributed by atoms with Gasteiger partial charge in [0.1, 0.15) is 0 Å². The predicted octanol–water partition coefficient (Wildman–Crippen LogP) is 3.49. The normalized spacial score (nSPS) is 10.7. The van der Waals surface area contributed by atoms with Crippen LogP contribution in [0.4, 0.5) is 18.3 Å². The lowest BCUT2D eigenvalue weighted by Gasteiger charge is -2.02. The van der Waals surface area contributed by atoms with Crippen LogP contribution in [0.5, 0.6) is 0 Å². The van der Waals surface area contributed by atoms with Crippen LogP contribution in [-0.2, 0) is 4.79 Å². The molecule has 0 bridgehead atoms. The molecule has 114 valence electrons. The van der Waals surface area contributed by atoms with Crippen molar-refractivity contribution in [3.63, 3.8) is 0 Å². The number of hydrogen-bond donors (Lipinski definition) is 1. The van der Waals surface area contributed by atoms with Crippen LogP contribution in [0.2, 0.25) is 0 Å². The average molecular weight is 336 g/mol. The van der Waals surface area contributed by atoms with Crippen molar-refractivity contribution in [2.24, 2.45) is 0 Å². The number of aryl methyl sites for hydroxylation is 1. The van der Waals surface area contributed by atoms with Crippen LogP contribution in [-0.4, -0.2) is 22.7 Å². The number of nitrogens with zero attached hydrogens (tertiary/aromatic N) is 1. The number of rotatable bonds is 3. The van der Waals surface area contributed by atoms with Crippen LogP contribution in [0.3, 0.4) is 0 Å². The highest BCUT2D eigenvalue weighted by atomic mass is 32.1. The second-order valence-corrected chi connectivity index (χ2v) is 6.02. The minimum absolute atomic E-state index is 0.169. The minimum Gasteiger partial charge on any atom is -0.375 e. The summed E-state index contributed by atoms with van der Waals surface area (Å²) in [5.41, 5.74) is 5.29. The van der Waals surface area contributed by atoms with Crippen molar-refractivity contribution in [3.05, 3.63) is 33.5 Å². The first-order valence-electron chi connectivity index (χ1n) is 5.54. The number of nitrogens with two attached hydrogens (primary N) is 1. The quantitative estimate of drug-likeness (QED) is 0.688. The second-order valence-electron chi connectivity index (χ2n) is 3.81. The molecule has 21 heavy (non-hydrogen) atoms. The summed E-state index contributed by atoms with van der Waals surface area (Å²) >= 11 is 2.52. The molecule has 0 aliphatic rings. The number of hydrogen-bond acceptors (Lipinski definition) is 6. The number of halogens is 3. The van der Waals surface area contributed by atoms with Gasteiger partial charge in [0.05, 0.1) is 11.3 Å². The van der Waals surface area contributed by atoms with Gasteiger partial charge in [0.2, 0.25) is 5.78 Å². The number of thiophene rings is 1. The van der Waals surface area contributed by atoms with Crippen LogP contribution in [0, 0.1) is 6.92 Å². The van der Waals surface area contributed by atoms with Gasteiger partial charge in [-0.15, -0.1) is 22.7 Å². The van der Waals surface area contributed by atoms with Crippen LogP contribution in [0.25, 0.3) is 0 Å². The van der Waals surface area contributed by atoms with Crippen molar-refractivity contribution in [2.75, 3.05) is 5.73 Å². The number of carbonyl (C=O) groups is 2. The number of ketones is 2. The van der Waals surface area contributed by atoms with Crippen LogP contribution >= 0.6 is 22.7 Å². The molecule has 0 aromatic carbocycles. The lowest BCUT2D eigenvalue weighted by atomic mass is 10.2. The Kier molecular flexibility index (Phi) is 6.03. The molecule has 0 unspecified atom stereocenters. The lowest BCUT2D eigenvalue weighted by molar-refractivity contribution is -0.170. The van der Waals surface area contributed by atoms with Gasteiger partial charge in [-0.05, 0) is 18.4 Å². The number of alkyl halides is 3. The number of anilines is 1. The van der Waals surface area contributed by atoms with Gasteiger partial charge in [-0.1, -0.05) is 6.07 Å². The summed E-state index contributed by atoms with van der Waals surface area (Å²) < 4.78 is 35.3. The maximum atomic E-state index is 11.8. The summed E-state index contributed by atoms with van der Waals surface area (Å²) in [5.74, 6) is -2.79. The van der Waals surface area contributed by atoms with Crippen molar-refractivity contribution in [2.45, 2.75) is 19.5 Å². The first-order chi connectivity index (χ1) is 9.70. The summed E-state index contributed by atoms with van der Waals surface area (Å²) in [4.78, 5) is 26.6. The van der Waals surface area contributed by atoms with Gasteiger partial charge in [0.15, 0.2) is 10.9 Å². The van der Waals surface area contributed by atoms with E-state index >= 15 is 0 Å². The third-order valence-corrected chi connectivity index (χ3v) is 3.73. The van der Waals surface area contributed by atoms with Gasteiger partial charge < -0.3 is 5.73 Å². The summed E-state index contributed by atoms with van der Waals surface area (Å²) in [5, 5.41) is 2.21. The number of carbonyl (C=O) groups excluding carboxylic acids is 2. The van der Waals surface area contributed by atoms with Gasteiger partial charge in [0, 0.05) is 11.1 Å². The monoisotopic (exact) mass is 336 g/mol. The number of nitrogen functional groups attached to an aromatic ring is 1. The molecule has 0 saturated carbocycles. The molecule has 0 saturated heterocycles. The number of Topliss-reactive ketones (excluding diaryl/α,β-unsaturated/α-hetero) is 2. The Hall–Kier alpha value is -1.74.